The molecule has 11 heteroatoms. The molecule has 2 fully saturated rings. The lowest BCUT2D eigenvalue weighted by Gasteiger charge is -2.38. The van der Waals surface area contributed by atoms with Gasteiger partial charge in [-0.3, -0.25) is 0 Å². The Morgan fingerprint density at radius 2 is 1.49 bits per heavy atom. The molecule has 1 saturated carbocycles. The van der Waals surface area contributed by atoms with E-state index in [1.807, 2.05) is 27.7 Å². The van der Waals surface area contributed by atoms with Crippen molar-refractivity contribution in [1.82, 2.24) is 0 Å². The van der Waals surface area contributed by atoms with Gasteiger partial charge in [-0.1, -0.05) is 26.8 Å². The number of esters is 1. The third kappa shape index (κ3) is 9.01. The highest BCUT2D eigenvalue weighted by molar-refractivity contribution is 6.62. The van der Waals surface area contributed by atoms with Crippen molar-refractivity contribution in [3.8, 4) is 0 Å². The van der Waals surface area contributed by atoms with Gasteiger partial charge in [-0.15, -0.1) is 0 Å². The van der Waals surface area contributed by atoms with Gasteiger partial charge in [0.1, 0.15) is 0 Å². The van der Waals surface area contributed by atoms with Crippen LogP contribution >= 0.6 is 0 Å². The van der Waals surface area contributed by atoms with Crippen LogP contribution in [0.1, 0.15) is 66.7 Å². The summed E-state index contributed by atoms with van der Waals surface area (Å²) in [5.41, 5.74) is -0.138. The van der Waals surface area contributed by atoms with Gasteiger partial charge in [0.25, 0.3) is 0 Å². The molecular formula is C24H48O9Si2. The molecule has 1 aliphatic heterocycles. The van der Waals surface area contributed by atoms with Crippen LogP contribution in [0.4, 0.5) is 0 Å². The van der Waals surface area contributed by atoms with E-state index in [9.17, 15) is 4.79 Å². The molecule has 0 N–H and O–H groups in total. The smallest absolute Gasteiger partial charge is 0.455 e. The Kier molecular flexibility index (Phi) is 15.0. The Labute approximate surface area is 214 Å². The fraction of sp³-hybridized carbons (Fsp3) is 0.875. The second-order valence-corrected chi connectivity index (χ2v) is 14.7. The number of carbonyl (C=O) groups is 1. The first-order valence-corrected chi connectivity index (χ1v) is 16.4. The van der Waals surface area contributed by atoms with Gasteiger partial charge in [0, 0.05) is 52.8 Å². The fourth-order valence-corrected chi connectivity index (χ4v) is 10.0. The molecule has 0 aromatic carbocycles. The largest absolute Gasteiger partial charge is 0.543 e. The van der Waals surface area contributed by atoms with Gasteiger partial charge in [0.2, 0.25) is 0 Å². The molecule has 1 heterocycles. The summed E-state index contributed by atoms with van der Waals surface area (Å²) in [5.74, 6) is 0.113. The number of ether oxygens (including phenoxy) is 2. The summed E-state index contributed by atoms with van der Waals surface area (Å²) >= 11 is 0. The van der Waals surface area contributed by atoms with Crippen molar-refractivity contribution in [2.75, 3.05) is 41.2 Å². The molecule has 5 atom stereocenters. The first-order valence-electron chi connectivity index (χ1n) is 12.8. The van der Waals surface area contributed by atoms with Crippen molar-refractivity contribution < 1.29 is 40.8 Å². The predicted octanol–water partition coefficient (Wildman–Crippen LogP) is 4.29. The second kappa shape index (κ2) is 16.3. The van der Waals surface area contributed by atoms with E-state index >= 15 is 0 Å². The maximum Gasteiger partial charge on any atom is 0.543 e. The van der Waals surface area contributed by atoms with Crippen molar-refractivity contribution >= 4 is 23.6 Å². The first kappa shape index (κ1) is 32.4. The molecule has 0 spiro atoms. The topological polar surface area (TPSA) is 94.2 Å². The van der Waals surface area contributed by atoms with Crippen LogP contribution in [0.5, 0.6) is 0 Å². The molecule has 35 heavy (non-hydrogen) atoms. The number of fused-ring (bicyclic) bond motifs is 1. The van der Waals surface area contributed by atoms with Crippen LogP contribution in [0.3, 0.4) is 0 Å². The lowest BCUT2D eigenvalue weighted by atomic mass is 9.87. The summed E-state index contributed by atoms with van der Waals surface area (Å²) in [6.45, 7) is 15.6. The van der Waals surface area contributed by atoms with Crippen LogP contribution in [0, 0.1) is 5.92 Å². The van der Waals surface area contributed by atoms with E-state index in [0.29, 0.717) is 49.9 Å². The standard InChI is InChI=1S/C14H28O4Si.C10H20O5Si/c1-5-15-19(16-6-2,17-7-3)11(4)12-8-9-13-14(10-12)18-13;1-6-8-10(15-9(11)7-2)16(12-3,13-4)14-5/h11-14H,5-10H2,1-4H3;7,10H,2,6,8H2,1,3-5H3. The van der Waals surface area contributed by atoms with Gasteiger partial charge in [0.05, 0.1) is 12.2 Å². The lowest BCUT2D eigenvalue weighted by molar-refractivity contribution is -0.142. The summed E-state index contributed by atoms with van der Waals surface area (Å²) in [6.07, 6.45) is 7.17. The van der Waals surface area contributed by atoms with Crippen molar-refractivity contribution in [2.24, 2.45) is 5.92 Å². The molecule has 2 aliphatic rings. The van der Waals surface area contributed by atoms with Crippen LogP contribution in [-0.2, 0) is 40.8 Å². The van der Waals surface area contributed by atoms with Crippen molar-refractivity contribution in [2.45, 2.75) is 90.2 Å². The van der Waals surface area contributed by atoms with E-state index in [1.165, 1.54) is 34.2 Å². The van der Waals surface area contributed by atoms with Gasteiger partial charge in [-0.05, 0) is 52.4 Å². The summed E-state index contributed by atoms with van der Waals surface area (Å²) in [6, 6.07) is 0. The first-order chi connectivity index (χ1) is 16.8. The quantitative estimate of drug-likeness (QED) is 0.124. The molecular weight excluding hydrogens is 488 g/mol. The van der Waals surface area contributed by atoms with E-state index in [0.717, 1.165) is 18.9 Å². The maximum atomic E-state index is 11.2. The van der Waals surface area contributed by atoms with Crippen LogP contribution in [0.15, 0.2) is 12.7 Å². The molecule has 2 rings (SSSR count). The Morgan fingerprint density at radius 3 is 1.89 bits per heavy atom. The Balaban J connectivity index is 0.000000357. The number of hydrogen-bond donors (Lipinski definition) is 0. The van der Waals surface area contributed by atoms with Crippen molar-refractivity contribution in [1.29, 1.82) is 0 Å². The molecule has 0 amide bonds. The van der Waals surface area contributed by atoms with Crippen molar-refractivity contribution in [3.05, 3.63) is 12.7 Å². The van der Waals surface area contributed by atoms with Gasteiger partial charge in [-0.25, -0.2) is 4.79 Å². The number of carbonyl (C=O) groups excluding carboxylic acids is 1. The highest BCUT2D eigenvalue weighted by atomic mass is 28.4. The average Bonchev–Trinajstić information content (AvgIpc) is 3.65. The summed E-state index contributed by atoms with van der Waals surface area (Å²) in [5, 5.41) is 0. The third-order valence-corrected chi connectivity index (χ3v) is 13.1. The highest BCUT2D eigenvalue weighted by Gasteiger charge is 2.54. The molecule has 0 radical (unpaired) electrons. The zero-order valence-corrected chi connectivity index (χ0v) is 25.0. The SMILES string of the molecule is C=CC(=O)OC(CCC)[Si](OC)(OC)OC.CCO[Si](OCC)(OCC)C(C)C1CCC2OC2C1. The minimum Gasteiger partial charge on any atom is -0.455 e. The summed E-state index contributed by atoms with van der Waals surface area (Å²) in [7, 11) is -1.02. The Morgan fingerprint density at radius 1 is 0.943 bits per heavy atom. The highest BCUT2D eigenvalue weighted by Crippen LogP contribution is 2.47. The molecule has 206 valence electrons. The molecule has 0 aromatic heterocycles. The molecule has 9 nitrogen and oxygen atoms in total. The van der Waals surface area contributed by atoms with Gasteiger partial charge in [-0.2, -0.15) is 0 Å². The molecule has 0 bridgehead atoms. The third-order valence-electron chi connectivity index (χ3n) is 6.57. The van der Waals surface area contributed by atoms with E-state index in [2.05, 4.69) is 13.5 Å². The maximum absolute atomic E-state index is 11.2. The monoisotopic (exact) mass is 536 g/mol. The van der Waals surface area contributed by atoms with E-state index < -0.39 is 29.3 Å². The van der Waals surface area contributed by atoms with Crippen molar-refractivity contribution in [3.63, 3.8) is 0 Å². The van der Waals surface area contributed by atoms with Crippen LogP contribution in [0.25, 0.3) is 0 Å². The zero-order chi connectivity index (χ0) is 26.5. The molecule has 0 aromatic rings. The lowest BCUT2D eigenvalue weighted by Crippen LogP contribution is -2.56. The molecule has 5 unspecified atom stereocenters. The van der Waals surface area contributed by atoms with E-state index in [1.54, 1.807) is 0 Å². The minimum absolute atomic E-state index is 0.359. The normalized spacial score (nSPS) is 23.4. The Hall–Kier alpha value is -0.636. The van der Waals surface area contributed by atoms with E-state index in [-0.39, 0.29) is 0 Å². The number of rotatable bonds is 16. The predicted molar refractivity (Wildman–Crippen MR) is 138 cm³/mol. The van der Waals surface area contributed by atoms with Crippen LogP contribution < -0.4 is 0 Å². The summed E-state index contributed by atoms with van der Waals surface area (Å²) < 4.78 is 44.8. The minimum atomic E-state index is -2.94. The fourth-order valence-electron chi connectivity index (χ4n) is 4.70. The Bertz CT molecular complexity index is 593. The average molecular weight is 537 g/mol. The van der Waals surface area contributed by atoms with Crippen LogP contribution in [-0.4, -0.2) is 82.7 Å². The van der Waals surface area contributed by atoms with Gasteiger partial charge < -0.3 is 36.0 Å². The van der Waals surface area contributed by atoms with Crippen LogP contribution in [0.2, 0.25) is 5.54 Å². The molecule has 1 saturated heterocycles. The van der Waals surface area contributed by atoms with E-state index in [4.69, 9.17) is 36.0 Å². The summed E-state index contributed by atoms with van der Waals surface area (Å²) in [4.78, 5) is 11.2. The number of epoxide rings is 1. The van der Waals surface area contributed by atoms with Gasteiger partial charge >= 0.3 is 23.6 Å². The number of hydrogen-bond acceptors (Lipinski definition) is 9. The van der Waals surface area contributed by atoms with Gasteiger partial charge in [0.15, 0.2) is 5.73 Å². The molecule has 1 aliphatic carbocycles. The zero-order valence-electron chi connectivity index (χ0n) is 23.0. The second-order valence-electron chi connectivity index (χ2n) is 8.61.